The fourth-order valence-electron chi connectivity index (χ4n) is 2.90. The predicted molar refractivity (Wildman–Crippen MR) is 98.9 cm³/mol. The van der Waals surface area contributed by atoms with E-state index in [9.17, 15) is 13.2 Å². The first-order chi connectivity index (χ1) is 11.8. The number of hydrogen-bond donors (Lipinski definition) is 0. The van der Waals surface area contributed by atoms with Crippen LogP contribution in [0.3, 0.4) is 0 Å². The molecular formula is C17H28N4O3S. The monoisotopic (exact) mass is 368 g/mol. The molecule has 0 N–H and O–H groups in total. The number of aromatic nitrogens is 1. The molecule has 0 radical (unpaired) electrons. The van der Waals surface area contributed by atoms with E-state index in [1.165, 1.54) is 10.6 Å². The summed E-state index contributed by atoms with van der Waals surface area (Å²) >= 11 is 0. The van der Waals surface area contributed by atoms with Gasteiger partial charge in [-0.1, -0.05) is 19.9 Å². The summed E-state index contributed by atoms with van der Waals surface area (Å²) in [6.45, 7) is 7.38. The molecular weight excluding hydrogens is 340 g/mol. The Balaban J connectivity index is 1.84. The molecule has 0 bridgehead atoms. The summed E-state index contributed by atoms with van der Waals surface area (Å²) < 4.78 is 25.1. The zero-order valence-electron chi connectivity index (χ0n) is 15.3. The summed E-state index contributed by atoms with van der Waals surface area (Å²) in [4.78, 5) is 20.7. The van der Waals surface area contributed by atoms with E-state index in [1.54, 1.807) is 6.20 Å². The van der Waals surface area contributed by atoms with Crippen LogP contribution >= 0.6 is 0 Å². The topological polar surface area (TPSA) is 73.8 Å². The average Bonchev–Trinajstić information content (AvgIpc) is 2.58. The zero-order valence-corrected chi connectivity index (χ0v) is 16.1. The normalized spacial score (nSPS) is 15.9. The van der Waals surface area contributed by atoms with E-state index in [-0.39, 0.29) is 24.8 Å². The molecule has 140 valence electrons. The molecule has 1 aliphatic heterocycles. The van der Waals surface area contributed by atoms with E-state index in [0.717, 1.165) is 18.9 Å². The first-order valence-electron chi connectivity index (χ1n) is 8.66. The summed E-state index contributed by atoms with van der Waals surface area (Å²) in [5.74, 6) is 1.17. The van der Waals surface area contributed by atoms with E-state index in [0.29, 0.717) is 19.6 Å². The number of piperazine rings is 1. The maximum absolute atomic E-state index is 12.4. The molecule has 0 unspecified atom stereocenters. The molecule has 1 aliphatic rings. The second-order valence-electron chi connectivity index (χ2n) is 6.82. The maximum Gasteiger partial charge on any atom is 0.224 e. The van der Waals surface area contributed by atoms with Gasteiger partial charge in [0.25, 0.3) is 0 Å². The Labute approximate surface area is 150 Å². The van der Waals surface area contributed by atoms with Crippen molar-refractivity contribution in [3.05, 3.63) is 24.4 Å². The van der Waals surface area contributed by atoms with Gasteiger partial charge in [-0.25, -0.2) is 17.7 Å². The van der Waals surface area contributed by atoms with Crippen LogP contribution in [0.25, 0.3) is 0 Å². The Kier molecular flexibility index (Phi) is 6.78. The highest BCUT2D eigenvalue weighted by atomic mass is 32.2. The first-order valence-corrected chi connectivity index (χ1v) is 10.5. The number of hydrogen-bond acceptors (Lipinski definition) is 5. The van der Waals surface area contributed by atoms with Crippen molar-refractivity contribution in [3.63, 3.8) is 0 Å². The van der Waals surface area contributed by atoms with Crippen LogP contribution in [0.15, 0.2) is 24.4 Å². The minimum absolute atomic E-state index is 0.0121. The quantitative estimate of drug-likeness (QED) is 0.719. The highest BCUT2D eigenvalue weighted by molar-refractivity contribution is 7.88. The predicted octanol–water partition coefficient (Wildman–Crippen LogP) is 1.04. The van der Waals surface area contributed by atoms with Crippen LogP contribution in [0.5, 0.6) is 0 Å². The summed E-state index contributed by atoms with van der Waals surface area (Å²) in [5.41, 5.74) is 0. The fourth-order valence-corrected chi connectivity index (χ4v) is 3.90. The van der Waals surface area contributed by atoms with Gasteiger partial charge in [0.15, 0.2) is 0 Å². The van der Waals surface area contributed by atoms with Crippen molar-refractivity contribution in [2.75, 3.05) is 50.4 Å². The van der Waals surface area contributed by atoms with Crippen molar-refractivity contribution in [1.29, 1.82) is 0 Å². The Bertz CT molecular complexity index is 656. The highest BCUT2D eigenvalue weighted by Crippen LogP contribution is 2.13. The van der Waals surface area contributed by atoms with Gasteiger partial charge in [-0.05, 0) is 18.1 Å². The summed E-state index contributed by atoms with van der Waals surface area (Å²) in [6.07, 6.45) is 3.19. The first kappa shape index (κ1) is 19.7. The third kappa shape index (κ3) is 5.97. The van der Waals surface area contributed by atoms with Crippen LogP contribution in [0.1, 0.15) is 20.3 Å². The van der Waals surface area contributed by atoms with Gasteiger partial charge in [0.2, 0.25) is 15.9 Å². The van der Waals surface area contributed by atoms with Crippen molar-refractivity contribution in [2.24, 2.45) is 5.92 Å². The van der Waals surface area contributed by atoms with Gasteiger partial charge in [0, 0.05) is 51.9 Å². The second kappa shape index (κ2) is 8.62. The largest absolute Gasteiger partial charge is 0.353 e. The highest BCUT2D eigenvalue weighted by Gasteiger charge is 2.24. The van der Waals surface area contributed by atoms with Gasteiger partial charge in [-0.2, -0.15) is 0 Å². The van der Waals surface area contributed by atoms with Crippen molar-refractivity contribution >= 4 is 21.7 Å². The zero-order chi connectivity index (χ0) is 18.4. The lowest BCUT2D eigenvalue weighted by Crippen LogP contribution is -2.49. The Morgan fingerprint density at radius 2 is 1.92 bits per heavy atom. The molecule has 0 aromatic carbocycles. The third-order valence-electron chi connectivity index (χ3n) is 4.22. The van der Waals surface area contributed by atoms with Crippen LogP contribution < -0.4 is 4.90 Å². The number of carbonyl (C=O) groups excluding carboxylic acids is 1. The molecule has 1 amide bonds. The standard InChI is InChI=1S/C17H28N4O3S/c1-15(2)14-21(25(3,23)24)9-7-17(22)20-12-10-19(11-13-20)16-6-4-5-8-18-16/h4-6,8,15H,7,9-14H2,1-3H3. The molecule has 0 saturated carbocycles. The lowest BCUT2D eigenvalue weighted by Gasteiger charge is -2.35. The molecule has 1 aromatic rings. The smallest absolute Gasteiger partial charge is 0.224 e. The van der Waals surface area contributed by atoms with Crippen molar-refractivity contribution in [1.82, 2.24) is 14.2 Å². The minimum Gasteiger partial charge on any atom is -0.353 e. The molecule has 0 spiro atoms. The van der Waals surface area contributed by atoms with Crippen molar-refractivity contribution in [2.45, 2.75) is 20.3 Å². The number of amides is 1. The molecule has 8 heteroatoms. The Morgan fingerprint density at radius 3 is 2.44 bits per heavy atom. The molecule has 2 heterocycles. The van der Waals surface area contributed by atoms with E-state index in [4.69, 9.17) is 0 Å². The van der Waals surface area contributed by atoms with Gasteiger partial charge in [0.05, 0.1) is 6.26 Å². The molecule has 1 fully saturated rings. The van der Waals surface area contributed by atoms with Crippen LogP contribution in [-0.2, 0) is 14.8 Å². The number of nitrogens with zero attached hydrogens (tertiary/aromatic N) is 4. The maximum atomic E-state index is 12.4. The lowest BCUT2D eigenvalue weighted by atomic mass is 10.2. The summed E-state index contributed by atoms with van der Waals surface area (Å²) in [6, 6.07) is 5.80. The SMILES string of the molecule is CC(C)CN(CCC(=O)N1CCN(c2ccccn2)CC1)S(C)(=O)=O. The summed E-state index contributed by atoms with van der Waals surface area (Å²) in [7, 11) is -3.29. The number of pyridine rings is 1. The Hall–Kier alpha value is -1.67. The molecule has 0 atom stereocenters. The molecule has 0 aliphatic carbocycles. The van der Waals surface area contributed by atoms with E-state index in [1.807, 2.05) is 36.9 Å². The molecule has 2 rings (SSSR count). The summed E-state index contributed by atoms with van der Waals surface area (Å²) in [5, 5.41) is 0. The molecule has 1 aromatic heterocycles. The van der Waals surface area contributed by atoms with Gasteiger partial charge in [0.1, 0.15) is 5.82 Å². The van der Waals surface area contributed by atoms with Crippen LogP contribution in [-0.4, -0.2) is 74.0 Å². The minimum atomic E-state index is -3.29. The van der Waals surface area contributed by atoms with Gasteiger partial charge in [-0.3, -0.25) is 4.79 Å². The van der Waals surface area contributed by atoms with Gasteiger partial charge >= 0.3 is 0 Å². The van der Waals surface area contributed by atoms with Crippen molar-refractivity contribution < 1.29 is 13.2 Å². The van der Waals surface area contributed by atoms with E-state index in [2.05, 4.69) is 9.88 Å². The van der Waals surface area contributed by atoms with E-state index < -0.39 is 10.0 Å². The average molecular weight is 369 g/mol. The van der Waals surface area contributed by atoms with E-state index >= 15 is 0 Å². The third-order valence-corrected chi connectivity index (χ3v) is 5.49. The number of anilines is 1. The second-order valence-corrected chi connectivity index (χ2v) is 8.80. The Morgan fingerprint density at radius 1 is 1.24 bits per heavy atom. The lowest BCUT2D eigenvalue weighted by molar-refractivity contribution is -0.131. The number of rotatable bonds is 7. The van der Waals surface area contributed by atoms with Crippen molar-refractivity contribution in [3.8, 4) is 0 Å². The van der Waals surface area contributed by atoms with Crippen LogP contribution in [0.4, 0.5) is 5.82 Å². The molecule has 7 nitrogen and oxygen atoms in total. The molecule has 25 heavy (non-hydrogen) atoms. The van der Waals surface area contributed by atoms with Gasteiger partial charge in [-0.15, -0.1) is 0 Å². The van der Waals surface area contributed by atoms with Gasteiger partial charge < -0.3 is 9.80 Å². The fraction of sp³-hybridized carbons (Fsp3) is 0.647. The number of sulfonamides is 1. The molecule has 1 saturated heterocycles. The van der Waals surface area contributed by atoms with Crippen LogP contribution in [0, 0.1) is 5.92 Å². The number of carbonyl (C=O) groups is 1. The van der Waals surface area contributed by atoms with Crippen LogP contribution in [0.2, 0.25) is 0 Å².